The third-order valence-corrected chi connectivity index (χ3v) is 7.48. The lowest BCUT2D eigenvalue weighted by Gasteiger charge is -2.45. The molecule has 0 aliphatic carbocycles. The average molecular weight is 506 g/mol. The monoisotopic (exact) mass is 505 g/mol. The molecule has 1 aromatic rings. The summed E-state index contributed by atoms with van der Waals surface area (Å²) in [6.07, 6.45) is 3.88. The maximum Gasteiger partial charge on any atom is 0.312 e. The largest absolute Gasteiger partial charge is 0.483 e. The molecule has 36 heavy (non-hydrogen) atoms. The van der Waals surface area contributed by atoms with Crippen molar-refractivity contribution in [2.45, 2.75) is 43.6 Å². The van der Waals surface area contributed by atoms with Gasteiger partial charge in [0.05, 0.1) is 10.8 Å². The Labute approximate surface area is 212 Å². The highest BCUT2D eigenvalue weighted by molar-refractivity contribution is 5.89. The second-order valence-electron chi connectivity index (χ2n) is 10.0. The van der Waals surface area contributed by atoms with Gasteiger partial charge in [0.25, 0.3) is 12.9 Å². The Bertz CT molecular complexity index is 856. The number of nitrogens with zero attached hydrogens (tertiary/aromatic N) is 3. The third-order valence-electron chi connectivity index (χ3n) is 7.48. The van der Waals surface area contributed by atoms with Crippen LogP contribution in [0.4, 0.5) is 0 Å². The number of carbonyl (C=O) groups excluding carboxylic acids is 2. The molecule has 1 spiro atoms. The number of likely N-dealkylation sites (N-methyl/N-ethyl adjacent to an activating group) is 1. The van der Waals surface area contributed by atoms with Gasteiger partial charge in [-0.05, 0) is 65.5 Å². The summed E-state index contributed by atoms with van der Waals surface area (Å²) in [5.74, 6) is 0.186. The molecule has 0 aromatic heterocycles. The number of carboxylic acid groups (broad SMARTS) is 2. The van der Waals surface area contributed by atoms with Crippen LogP contribution in [-0.4, -0.2) is 110 Å². The number of benzene rings is 1. The predicted octanol–water partition coefficient (Wildman–Crippen LogP) is 1.54. The van der Waals surface area contributed by atoms with Crippen LogP contribution in [0, 0.1) is 5.41 Å². The Morgan fingerprint density at radius 3 is 2.06 bits per heavy atom. The van der Waals surface area contributed by atoms with Crippen molar-refractivity contribution in [2.24, 2.45) is 5.41 Å². The van der Waals surface area contributed by atoms with Crippen LogP contribution in [0.25, 0.3) is 0 Å². The molecule has 3 heterocycles. The van der Waals surface area contributed by atoms with Crippen molar-refractivity contribution in [3.63, 3.8) is 0 Å². The number of carbonyl (C=O) groups is 4. The molecule has 3 aliphatic rings. The minimum Gasteiger partial charge on any atom is -0.483 e. The van der Waals surface area contributed by atoms with Crippen LogP contribution in [0.2, 0.25) is 0 Å². The molecular weight excluding hydrogens is 466 g/mol. The standard InChI is InChI=1S/C24H35N3O3.2CH2O2/c1-25(2)18-20-17-23(22(29)30-20)9-15-27(16-10-23)21(28)24(11-13-26(3)14-12-24)19-7-5-4-6-8-19;2*2-1-3/h4-8,20H,9-18H2,1-3H3;2*1H,(H,2,3). The van der Waals surface area contributed by atoms with Gasteiger partial charge in [0.2, 0.25) is 5.91 Å². The molecule has 1 atom stereocenters. The molecular formula is C26H39N3O7. The lowest BCUT2D eigenvalue weighted by Crippen LogP contribution is -2.55. The van der Waals surface area contributed by atoms with Gasteiger partial charge in [-0.3, -0.25) is 19.2 Å². The van der Waals surface area contributed by atoms with Gasteiger partial charge in [0, 0.05) is 26.1 Å². The molecule has 10 nitrogen and oxygen atoms in total. The zero-order chi connectivity index (χ0) is 26.8. The summed E-state index contributed by atoms with van der Waals surface area (Å²) in [6, 6.07) is 10.3. The quantitative estimate of drug-likeness (QED) is 0.463. The Morgan fingerprint density at radius 1 is 1.03 bits per heavy atom. The highest BCUT2D eigenvalue weighted by Gasteiger charge is 2.52. The summed E-state index contributed by atoms with van der Waals surface area (Å²) < 4.78 is 5.69. The van der Waals surface area contributed by atoms with E-state index in [1.165, 1.54) is 0 Å². The first-order valence-electron chi connectivity index (χ1n) is 12.2. The predicted molar refractivity (Wildman–Crippen MR) is 134 cm³/mol. The number of likely N-dealkylation sites (tertiary alicyclic amines) is 2. The number of amides is 1. The smallest absolute Gasteiger partial charge is 0.312 e. The molecule has 0 bridgehead atoms. The van der Waals surface area contributed by atoms with Crippen LogP contribution in [0.1, 0.15) is 37.7 Å². The fraction of sp³-hybridized carbons (Fsp3) is 0.615. The van der Waals surface area contributed by atoms with Gasteiger partial charge >= 0.3 is 5.97 Å². The second kappa shape index (κ2) is 13.4. The van der Waals surface area contributed by atoms with E-state index in [0.717, 1.165) is 44.5 Å². The van der Waals surface area contributed by atoms with Crippen molar-refractivity contribution in [3.8, 4) is 0 Å². The summed E-state index contributed by atoms with van der Waals surface area (Å²) in [5.41, 5.74) is 0.293. The van der Waals surface area contributed by atoms with E-state index < -0.39 is 10.8 Å². The van der Waals surface area contributed by atoms with E-state index in [0.29, 0.717) is 25.9 Å². The molecule has 200 valence electrons. The topological polar surface area (TPSA) is 128 Å². The summed E-state index contributed by atoms with van der Waals surface area (Å²) in [4.78, 5) is 49.7. The highest BCUT2D eigenvalue weighted by atomic mass is 16.6. The number of hydrogen-bond acceptors (Lipinski definition) is 7. The van der Waals surface area contributed by atoms with E-state index in [-0.39, 0.29) is 30.9 Å². The lowest BCUT2D eigenvalue weighted by molar-refractivity contribution is -0.154. The molecule has 3 saturated heterocycles. The first-order valence-corrected chi connectivity index (χ1v) is 12.2. The Kier molecular flexibility index (Phi) is 10.9. The van der Waals surface area contributed by atoms with Crippen molar-refractivity contribution >= 4 is 24.8 Å². The molecule has 1 aromatic carbocycles. The summed E-state index contributed by atoms with van der Waals surface area (Å²) in [5, 5.41) is 13.8. The van der Waals surface area contributed by atoms with E-state index >= 15 is 0 Å². The van der Waals surface area contributed by atoms with Gasteiger partial charge < -0.3 is 29.6 Å². The summed E-state index contributed by atoms with van der Waals surface area (Å²) in [7, 11) is 6.13. The first-order chi connectivity index (χ1) is 17.2. The molecule has 1 unspecified atom stereocenters. The van der Waals surface area contributed by atoms with Gasteiger partial charge in [0.1, 0.15) is 6.10 Å². The zero-order valence-corrected chi connectivity index (χ0v) is 21.5. The van der Waals surface area contributed by atoms with Crippen molar-refractivity contribution in [2.75, 3.05) is 53.9 Å². The van der Waals surface area contributed by atoms with Crippen molar-refractivity contribution in [1.82, 2.24) is 14.7 Å². The van der Waals surface area contributed by atoms with Gasteiger partial charge in [0.15, 0.2) is 0 Å². The molecule has 3 aliphatic heterocycles. The number of piperidine rings is 2. The van der Waals surface area contributed by atoms with E-state index in [9.17, 15) is 9.59 Å². The Morgan fingerprint density at radius 2 is 1.56 bits per heavy atom. The van der Waals surface area contributed by atoms with E-state index in [4.69, 9.17) is 24.5 Å². The van der Waals surface area contributed by atoms with Crippen LogP contribution < -0.4 is 0 Å². The number of ether oxygens (including phenoxy) is 1. The van der Waals surface area contributed by atoms with Crippen molar-refractivity contribution < 1.29 is 34.1 Å². The van der Waals surface area contributed by atoms with Crippen LogP contribution in [0.15, 0.2) is 30.3 Å². The van der Waals surface area contributed by atoms with Crippen LogP contribution >= 0.6 is 0 Å². The SMILES string of the molecule is CN(C)CC1CC2(CCN(C(=O)C3(c4ccccc4)CCN(C)CC3)CC2)C(=O)O1.O=CO.O=CO. The first kappa shape index (κ1) is 29.3. The fourth-order valence-corrected chi connectivity index (χ4v) is 5.58. The van der Waals surface area contributed by atoms with Crippen LogP contribution in [-0.2, 0) is 29.3 Å². The molecule has 2 N–H and O–H groups in total. The van der Waals surface area contributed by atoms with E-state index in [1.54, 1.807) is 0 Å². The Hall–Kier alpha value is -2.98. The zero-order valence-electron chi connectivity index (χ0n) is 21.5. The van der Waals surface area contributed by atoms with E-state index in [2.05, 4.69) is 29.0 Å². The molecule has 4 rings (SSSR count). The fourth-order valence-electron chi connectivity index (χ4n) is 5.58. The third kappa shape index (κ3) is 6.82. The molecule has 3 fully saturated rings. The maximum atomic E-state index is 13.9. The minimum absolute atomic E-state index is 0.0284. The van der Waals surface area contributed by atoms with Gasteiger partial charge in [-0.25, -0.2) is 0 Å². The van der Waals surface area contributed by atoms with Crippen molar-refractivity contribution in [1.29, 1.82) is 0 Å². The van der Waals surface area contributed by atoms with Gasteiger partial charge in [-0.15, -0.1) is 0 Å². The second-order valence-corrected chi connectivity index (χ2v) is 10.0. The molecule has 10 heteroatoms. The van der Waals surface area contributed by atoms with Crippen LogP contribution in [0.3, 0.4) is 0 Å². The summed E-state index contributed by atoms with van der Waals surface area (Å²) in [6.45, 7) is 3.41. The lowest BCUT2D eigenvalue weighted by atomic mass is 9.70. The van der Waals surface area contributed by atoms with Gasteiger partial charge in [-0.1, -0.05) is 30.3 Å². The Balaban J connectivity index is 0.000000693. The number of esters is 1. The van der Waals surface area contributed by atoms with Gasteiger partial charge in [-0.2, -0.15) is 0 Å². The highest BCUT2D eigenvalue weighted by Crippen LogP contribution is 2.45. The summed E-state index contributed by atoms with van der Waals surface area (Å²) >= 11 is 0. The van der Waals surface area contributed by atoms with E-state index in [1.807, 2.05) is 37.2 Å². The number of cyclic esters (lactones) is 1. The van der Waals surface area contributed by atoms with Crippen LogP contribution in [0.5, 0.6) is 0 Å². The number of hydrogen-bond donors (Lipinski definition) is 2. The average Bonchev–Trinajstić information content (AvgIpc) is 3.14. The van der Waals surface area contributed by atoms with Crippen molar-refractivity contribution in [3.05, 3.63) is 35.9 Å². The normalized spacial score (nSPS) is 22.5. The molecule has 0 saturated carbocycles. The molecule has 0 radical (unpaired) electrons. The maximum absolute atomic E-state index is 13.9. The minimum atomic E-state index is -0.443. The number of rotatable bonds is 4. The molecule has 1 amide bonds.